The van der Waals surface area contributed by atoms with Crippen LogP contribution in [0, 0.1) is 11.3 Å². The minimum Gasteiger partial charge on any atom is -0.492 e. The molecule has 0 amide bonds. The van der Waals surface area contributed by atoms with Gasteiger partial charge in [-0.1, -0.05) is 26.0 Å². The number of nitrogens with zero attached hydrogens (tertiary/aromatic N) is 2. The number of nitriles is 1. The van der Waals surface area contributed by atoms with Gasteiger partial charge in [0.05, 0.1) is 18.7 Å². The van der Waals surface area contributed by atoms with Gasteiger partial charge in [0.25, 0.3) is 0 Å². The maximum Gasteiger partial charge on any atom is 0.231 e. The molecule has 2 aromatic carbocycles. The Morgan fingerprint density at radius 1 is 1.30 bits per heavy atom. The Bertz CT molecular complexity index is 947. The van der Waals surface area contributed by atoms with E-state index in [1.165, 1.54) is 0 Å². The number of hydrogen-bond acceptors (Lipinski definition) is 6. The highest BCUT2D eigenvalue weighted by molar-refractivity contribution is 5.96. The van der Waals surface area contributed by atoms with Crippen molar-refractivity contribution in [3.63, 3.8) is 0 Å². The highest BCUT2D eigenvalue weighted by atomic mass is 16.7. The molecule has 2 aromatic rings. The Morgan fingerprint density at radius 2 is 2.03 bits per heavy atom. The van der Waals surface area contributed by atoms with Crippen molar-refractivity contribution in [3.8, 4) is 23.3 Å². The van der Waals surface area contributed by atoms with Crippen LogP contribution >= 0.6 is 0 Å². The average molecular weight is 408 g/mol. The molecule has 0 N–H and O–H groups in total. The van der Waals surface area contributed by atoms with Crippen LogP contribution in [0.2, 0.25) is 0 Å². The van der Waals surface area contributed by atoms with Gasteiger partial charge >= 0.3 is 0 Å². The maximum absolute atomic E-state index is 12.9. The fraction of sp³-hybridized carbons (Fsp3) is 0.417. The van der Waals surface area contributed by atoms with Crippen molar-refractivity contribution in [2.24, 2.45) is 0 Å². The van der Waals surface area contributed by atoms with Crippen LogP contribution in [0.3, 0.4) is 0 Å². The molecule has 1 aliphatic rings. The first-order valence-corrected chi connectivity index (χ1v) is 10.2. The third kappa shape index (κ3) is 4.58. The number of Topliss-reactive ketones (excluding diaryl/α,β-unsaturated/α-hetero) is 1. The first-order chi connectivity index (χ1) is 14.5. The van der Waals surface area contributed by atoms with Crippen molar-refractivity contribution in [1.29, 1.82) is 5.26 Å². The summed E-state index contributed by atoms with van der Waals surface area (Å²) in [7, 11) is 3.71. The fourth-order valence-corrected chi connectivity index (χ4v) is 3.73. The molecule has 0 bridgehead atoms. The number of methoxy groups -OCH3 is 1. The molecule has 1 heterocycles. The van der Waals surface area contributed by atoms with E-state index in [0.29, 0.717) is 34.8 Å². The molecule has 3 rings (SSSR count). The normalized spacial score (nSPS) is 13.2. The van der Waals surface area contributed by atoms with Crippen molar-refractivity contribution < 1.29 is 19.0 Å². The van der Waals surface area contributed by atoms with Crippen LogP contribution in [0.15, 0.2) is 30.3 Å². The second kappa shape index (κ2) is 9.64. The zero-order valence-corrected chi connectivity index (χ0v) is 18.0. The molecule has 1 atom stereocenters. The molecular formula is C24H28N2O4. The molecule has 6 nitrogen and oxygen atoms in total. The number of carbonyl (C=O) groups excluding carboxylic acids is 1. The molecule has 6 heteroatoms. The zero-order chi connectivity index (χ0) is 21.7. The number of fused-ring (bicyclic) bond motifs is 1. The van der Waals surface area contributed by atoms with Crippen molar-refractivity contribution in [3.05, 3.63) is 52.6 Å². The molecule has 0 spiro atoms. The van der Waals surface area contributed by atoms with Crippen LogP contribution in [0.4, 0.5) is 0 Å². The lowest BCUT2D eigenvalue weighted by molar-refractivity contribution is 0.0975. The largest absolute Gasteiger partial charge is 0.492 e. The highest BCUT2D eigenvalue weighted by Crippen LogP contribution is 2.48. The van der Waals surface area contributed by atoms with E-state index in [2.05, 4.69) is 24.9 Å². The van der Waals surface area contributed by atoms with Gasteiger partial charge < -0.3 is 19.1 Å². The summed E-state index contributed by atoms with van der Waals surface area (Å²) in [6.45, 7) is 6.18. The van der Waals surface area contributed by atoms with E-state index < -0.39 is 0 Å². The van der Waals surface area contributed by atoms with Gasteiger partial charge in [0.1, 0.15) is 0 Å². The van der Waals surface area contributed by atoms with E-state index in [-0.39, 0.29) is 18.5 Å². The Labute approximate surface area is 178 Å². The van der Waals surface area contributed by atoms with Crippen molar-refractivity contribution in [2.45, 2.75) is 32.6 Å². The molecule has 30 heavy (non-hydrogen) atoms. The first kappa shape index (κ1) is 21.7. The summed E-state index contributed by atoms with van der Waals surface area (Å²) < 4.78 is 17.0. The van der Waals surface area contributed by atoms with Gasteiger partial charge in [-0.25, -0.2) is 0 Å². The number of ketones is 1. The molecule has 158 valence electrons. The summed E-state index contributed by atoms with van der Waals surface area (Å²) in [5, 5.41) is 8.96. The number of likely N-dealkylation sites (N-methyl/N-ethyl adjacent to an activating group) is 1. The molecule has 1 aliphatic heterocycles. The number of ether oxygens (including phenoxy) is 3. The van der Waals surface area contributed by atoms with Crippen LogP contribution in [-0.4, -0.2) is 44.7 Å². The van der Waals surface area contributed by atoms with E-state index in [1.807, 2.05) is 13.0 Å². The van der Waals surface area contributed by atoms with Crippen LogP contribution < -0.4 is 14.2 Å². The SMILES string of the molecule is CCN(C)CCc1cc2c(c(OC)c1C(C)CC(=O)c1ccc(C#N)cc1)OCO2. The monoisotopic (exact) mass is 408 g/mol. The van der Waals surface area contributed by atoms with Crippen molar-refractivity contribution >= 4 is 5.78 Å². The predicted octanol–water partition coefficient (Wildman–Crippen LogP) is 4.17. The molecule has 0 aliphatic carbocycles. The lowest BCUT2D eigenvalue weighted by atomic mass is 9.87. The first-order valence-electron chi connectivity index (χ1n) is 10.2. The van der Waals surface area contributed by atoms with Gasteiger partial charge in [-0.3, -0.25) is 4.79 Å². The zero-order valence-electron chi connectivity index (χ0n) is 18.0. The Hall–Kier alpha value is -3.04. The topological polar surface area (TPSA) is 71.8 Å². The van der Waals surface area contributed by atoms with Gasteiger partial charge in [-0.05, 0) is 49.7 Å². The number of carbonyl (C=O) groups is 1. The van der Waals surface area contributed by atoms with Crippen LogP contribution in [0.5, 0.6) is 17.2 Å². The number of rotatable bonds is 9. The summed E-state index contributed by atoms with van der Waals surface area (Å²) in [5.74, 6) is 1.91. The van der Waals surface area contributed by atoms with Gasteiger partial charge in [0.15, 0.2) is 17.3 Å². The summed E-state index contributed by atoms with van der Waals surface area (Å²) in [6.07, 6.45) is 1.15. The molecule has 0 aromatic heterocycles. The summed E-state index contributed by atoms with van der Waals surface area (Å²) in [6, 6.07) is 10.9. The Morgan fingerprint density at radius 3 is 2.67 bits per heavy atom. The van der Waals surface area contributed by atoms with E-state index in [0.717, 1.165) is 30.6 Å². The maximum atomic E-state index is 12.9. The molecular weight excluding hydrogens is 380 g/mol. The fourth-order valence-electron chi connectivity index (χ4n) is 3.73. The van der Waals surface area contributed by atoms with E-state index in [9.17, 15) is 4.79 Å². The lowest BCUT2D eigenvalue weighted by Gasteiger charge is -2.22. The van der Waals surface area contributed by atoms with Gasteiger partial charge in [0, 0.05) is 24.1 Å². The van der Waals surface area contributed by atoms with E-state index in [1.54, 1.807) is 31.4 Å². The number of benzene rings is 2. The summed E-state index contributed by atoms with van der Waals surface area (Å²) in [5.41, 5.74) is 3.25. The molecule has 0 saturated heterocycles. The highest BCUT2D eigenvalue weighted by Gasteiger charge is 2.28. The third-order valence-electron chi connectivity index (χ3n) is 5.57. The molecule has 0 saturated carbocycles. The van der Waals surface area contributed by atoms with Gasteiger partial charge in [0.2, 0.25) is 12.5 Å². The Kier molecular flexibility index (Phi) is 6.96. The average Bonchev–Trinajstić information content (AvgIpc) is 3.24. The second-order valence-electron chi connectivity index (χ2n) is 7.58. The smallest absolute Gasteiger partial charge is 0.231 e. The summed E-state index contributed by atoms with van der Waals surface area (Å²) in [4.78, 5) is 15.1. The number of hydrogen-bond donors (Lipinski definition) is 0. The third-order valence-corrected chi connectivity index (χ3v) is 5.57. The summed E-state index contributed by atoms with van der Waals surface area (Å²) >= 11 is 0. The van der Waals surface area contributed by atoms with Crippen LogP contribution in [0.25, 0.3) is 0 Å². The van der Waals surface area contributed by atoms with Crippen molar-refractivity contribution in [1.82, 2.24) is 4.90 Å². The van der Waals surface area contributed by atoms with Crippen LogP contribution in [0.1, 0.15) is 53.2 Å². The van der Waals surface area contributed by atoms with Gasteiger partial charge in [-0.2, -0.15) is 5.26 Å². The quantitative estimate of drug-likeness (QED) is 0.580. The van der Waals surface area contributed by atoms with Crippen LogP contribution in [-0.2, 0) is 6.42 Å². The second-order valence-corrected chi connectivity index (χ2v) is 7.58. The van der Waals surface area contributed by atoms with E-state index >= 15 is 0 Å². The minimum absolute atomic E-state index is 0.0309. The molecule has 0 radical (unpaired) electrons. The minimum atomic E-state index is -0.0699. The molecule has 0 fully saturated rings. The predicted molar refractivity (Wildman–Crippen MR) is 115 cm³/mol. The standard InChI is InChI=1S/C24H28N2O4/c1-5-26(3)11-10-19-13-21-23(30-15-29-21)24(28-4)22(19)16(2)12-20(27)18-8-6-17(14-25)7-9-18/h6-9,13,16H,5,10-12,15H2,1-4H3. The van der Waals surface area contributed by atoms with E-state index in [4.69, 9.17) is 19.5 Å². The Balaban J connectivity index is 1.91. The molecule has 1 unspecified atom stereocenters. The van der Waals surface area contributed by atoms with Gasteiger partial charge in [-0.15, -0.1) is 0 Å². The lowest BCUT2D eigenvalue weighted by Crippen LogP contribution is -2.21. The van der Waals surface area contributed by atoms with Crippen molar-refractivity contribution in [2.75, 3.05) is 34.0 Å².